The van der Waals surface area contributed by atoms with Gasteiger partial charge in [0.25, 0.3) is 0 Å². The first kappa shape index (κ1) is 13.0. The van der Waals surface area contributed by atoms with Crippen molar-refractivity contribution in [1.82, 2.24) is 4.98 Å². The van der Waals surface area contributed by atoms with E-state index in [1.54, 1.807) is 31.0 Å². The predicted octanol–water partition coefficient (Wildman–Crippen LogP) is 0.337. The van der Waals surface area contributed by atoms with Gasteiger partial charge >= 0.3 is 5.97 Å². The largest absolute Gasteiger partial charge is 0.481 e. The molecule has 0 saturated heterocycles. The molecule has 0 aliphatic carbocycles. The number of nitrogens with two attached hydrogens (primary N) is 1. The maximum absolute atomic E-state index is 10.8. The number of carbonyl (C=O) groups excluding carboxylic acids is 1. The molecule has 1 aromatic heterocycles. The number of pyridine rings is 1. The van der Waals surface area contributed by atoms with Gasteiger partial charge in [0, 0.05) is 19.8 Å². The third kappa shape index (κ3) is 3.44. The molecule has 1 aromatic rings. The number of aliphatic carboxylic acids is 1. The molecule has 1 amide bonds. The fourth-order valence-corrected chi connectivity index (χ4v) is 1.34. The number of rotatable bonds is 5. The molecule has 17 heavy (non-hydrogen) atoms. The minimum atomic E-state index is -0.856. The normalized spacial score (nSPS) is 11.9. The minimum Gasteiger partial charge on any atom is -0.481 e. The number of aromatic nitrogens is 1. The highest BCUT2D eigenvalue weighted by molar-refractivity contribution is 5.92. The van der Waals surface area contributed by atoms with Crippen molar-refractivity contribution in [3.63, 3.8) is 0 Å². The molecule has 0 spiro atoms. The third-order valence-corrected chi connectivity index (χ3v) is 2.39. The SMILES string of the molecule is CC(CN(C)c1ccc(C(N)=O)cn1)C(=O)O. The van der Waals surface area contributed by atoms with Crippen molar-refractivity contribution in [1.29, 1.82) is 0 Å². The maximum Gasteiger partial charge on any atom is 0.308 e. The van der Waals surface area contributed by atoms with E-state index >= 15 is 0 Å². The van der Waals surface area contributed by atoms with Gasteiger partial charge < -0.3 is 15.7 Å². The summed E-state index contributed by atoms with van der Waals surface area (Å²) >= 11 is 0. The quantitative estimate of drug-likeness (QED) is 0.769. The van der Waals surface area contributed by atoms with Crippen molar-refractivity contribution in [3.05, 3.63) is 23.9 Å². The Hall–Kier alpha value is -2.11. The summed E-state index contributed by atoms with van der Waals surface area (Å²) in [4.78, 5) is 27.3. The van der Waals surface area contributed by atoms with E-state index in [0.29, 0.717) is 17.9 Å². The number of amides is 1. The summed E-state index contributed by atoms with van der Waals surface area (Å²) in [6, 6.07) is 3.20. The second kappa shape index (κ2) is 5.29. The van der Waals surface area contributed by atoms with Crippen LogP contribution in [0, 0.1) is 5.92 Å². The average Bonchev–Trinajstić information content (AvgIpc) is 2.28. The molecule has 0 bridgehead atoms. The van der Waals surface area contributed by atoms with E-state index in [2.05, 4.69) is 4.98 Å². The fraction of sp³-hybridized carbons (Fsp3) is 0.364. The number of carbonyl (C=O) groups is 2. The zero-order valence-electron chi connectivity index (χ0n) is 9.75. The van der Waals surface area contributed by atoms with Gasteiger partial charge in [-0.25, -0.2) is 4.98 Å². The molecule has 6 nitrogen and oxygen atoms in total. The molecule has 0 aliphatic rings. The van der Waals surface area contributed by atoms with Crippen LogP contribution >= 0.6 is 0 Å². The van der Waals surface area contributed by atoms with Gasteiger partial charge in [-0.3, -0.25) is 9.59 Å². The Kier molecular flexibility index (Phi) is 4.03. The van der Waals surface area contributed by atoms with Crippen LogP contribution in [0.3, 0.4) is 0 Å². The van der Waals surface area contributed by atoms with Gasteiger partial charge in [0.05, 0.1) is 11.5 Å². The number of nitrogens with zero attached hydrogens (tertiary/aromatic N) is 2. The molecule has 1 heterocycles. The number of hydrogen-bond acceptors (Lipinski definition) is 4. The van der Waals surface area contributed by atoms with E-state index in [0.717, 1.165) is 0 Å². The van der Waals surface area contributed by atoms with Crippen LogP contribution in [0.4, 0.5) is 5.82 Å². The summed E-state index contributed by atoms with van der Waals surface area (Å²) in [5, 5.41) is 8.79. The first-order chi connectivity index (χ1) is 7.91. The molecule has 0 radical (unpaired) electrons. The van der Waals surface area contributed by atoms with Gasteiger partial charge in [-0.15, -0.1) is 0 Å². The maximum atomic E-state index is 10.8. The summed E-state index contributed by atoms with van der Waals surface area (Å²) in [7, 11) is 1.74. The predicted molar refractivity (Wildman–Crippen MR) is 62.8 cm³/mol. The summed E-state index contributed by atoms with van der Waals surface area (Å²) in [5.74, 6) is -1.28. The van der Waals surface area contributed by atoms with Crippen molar-refractivity contribution >= 4 is 17.7 Å². The lowest BCUT2D eigenvalue weighted by Crippen LogP contribution is -2.29. The van der Waals surface area contributed by atoms with Crippen LogP contribution in [-0.4, -0.2) is 35.6 Å². The lowest BCUT2D eigenvalue weighted by molar-refractivity contribution is -0.140. The average molecular weight is 237 g/mol. The van der Waals surface area contributed by atoms with Crippen LogP contribution in [0.5, 0.6) is 0 Å². The van der Waals surface area contributed by atoms with Gasteiger partial charge in [0.15, 0.2) is 0 Å². The standard InChI is InChI=1S/C11H15N3O3/c1-7(11(16)17)6-14(2)9-4-3-8(5-13-9)10(12)15/h3-5,7H,6H2,1-2H3,(H2,12,15)(H,16,17). The van der Waals surface area contributed by atoms with Crippen LogP contribution in [0.15, 0.2) is 18.3 Å². The second-order valence-corrected chi connectivity index (χ2v) is 3.89. The molecular weight excluding hydrogens is 222 g/mol. The molecule has 3 N–H and O–H groups in total. The first-order valence-electron chi connectivity index (χ1n) is 5.11. The Balaban J connectivity index is 2.73. The van der Waals surface area contributed by atoms with Crippen molar-refractivity contribution in [2.45, 2.75) is 6.92 Å². The Labute approximate surface area is 99.1 Å². The van der Waals surface area contributed by atoms with Crippen LogP contribution < -0.4 is 10.6 Å². The van der Waals surface area contributed by atoms with Crippen LogP contribution in [0.2, 0.25) is 0 Å². The van der Waals surface area contributed by atoms with Gasteiger partial charge in [-0.05, 0) is 12.1 Å². The van der Waals surface area contributed by atoms with Crippen molar-refractivity contribution < 1.29 is 14.7 Å². The smallest absolute Gasteiger partial charge is 0.308 e. The van der Waals surface area contributed by atoms with Gasteiger partial charge in [0.2, 0.25) is 5.91 Å². The molecule has 0 fully saturated rings. The molecule has 1 unspecified atom stereocenters. The number of primary amides is 1. The van der Waals surface area contributed by atoms with E-state index < -0.39 is 17.8 Å². The molecule has 6 heteroatoms. The Morgan fingerprint density at radius 3 is 2.59 bits per heavy atom. The number of anilines is 1. The molecule has 0 saturated carbocycles. The zero-order chi connectivity index (χ0) is 13.0. The van der Waals surface area contributed by atoms with Gasteiger partial charge in [-0.2, -0.15) is 0 Å². The topological polar surface area (TPSA) is 96.5 Å². The number of hydrogen-bond donors (Lipinski definition) is 2. The summed E-state index contributed by atoms with van der Waals surface area (Å²) < 4.78 is 0. The highest BCUT2D eigenvalue weighted by Gasteiger charge is 2.14. The molecule has 0 aliphatic heterocycles. The number of carboxylic acid groups (broad SMARTS) is 1. The van der Waals surface area contributed by atoms with Crippen molar-refractivity contribution in [2.24, 2.45) is 11.7 Å². The van der Waals surface area contributed by atoms with Gasteiger partial charge in [0.1, 0.15) is 5.82 Å². The Morgan fingerprint density at radius 1 is 1.53 bits per heavy atom. The molecule has 1 rings (SSSR count). The molecule has 92 valence electrons. The van der Waals surface area contributed by atoms with Crippen LogP contribution in [0.1, 0.15) is 17.3 Å². The third-order valence-electron chi connectivity index (χ3n) is 2.39. The molecule has 1 atom stereocenters. The Morgan fingerprint density at radius 2 is 2.18 bits per heavy atom. The highest BCUT2D eigenvalue weighted by Crippen LogP contribution is 2.11. The molecule has 0 aromatic carbocycles. The van der Waals surface area contributed by atoms with Crippen LogP contribution in [-0.2, 0) is 4.79 Å². The van der Waals surface area contributed by atoms with E-state index in [4.69, 9.17) is 10.8 Å². The monoisotopic (exact) mass is 237 g/mol. The lowest BCUT2D eigenvalue weighted by atomic mass is 10.2. The van der Waals surface area contributed by atoms with Gasteiger partial charge in [-0.1, -0.05) is 6.92 Å². The first-order valence-corrected chi connectivity index (χ1v) is 5.11. The van der Waals surface area contributed by atoms with E-state index in [1.807, 2.05) is 0 Å². The van der Waals surface area contributed by atoms with E-state index in [-0.39, 0.29) is 0 Å². The Bertz CT molecular complexity index is 416. The van der Waals surface area contributed by atoms with E-state index in [1.165, 1.54) is 6.20 Å². The zero-order valence-corrected chi connectivity index (χ0v) is 9.75. The summed E-state index contributed by atoms with van der Waals surface area (Å²) in [5.41, 5.74) is 5.42. The second-order valence-electron chi connectivity index (χ2n) is 3.89. The lowest BCUT2D eigenvalue weighted by Gasteiger charge is -2.20. The van der Waals surface area contributed by atoms with Crippen LogP contribution in [0.25, 0.3) is 0 Å². The summed E-state index contributed by atoms with van der Waals surface area (Å²) in [6.07, 6.45) is 1.37. The number of carboxylic acids is 1. The highest BCUT2D eigenvalue weighted by atomic mass is 16.4. The fourth-order valence-electron chi connectivity index (χ4n) is 1.34. The molecular formula is C11H15N3O3. The summed E-state index contributed by atoms with van der Waals surface area (Å²) in [6.45, 7) is 1.97. The van der Waals surface area contributed by atoms with E-state index in [9.17, 15) is 9.59 Å². The van der Waals surface area contributed by atoms with Crippen molar-refractivity contribution in [3.8, 4) is 0 Å². The minimum absolute atomic E-state index is 0.327. The van der Waals surface area contributed by atoms with Crippen molar-refractivity contribution in [2.75, 3.05) is 18.5 Å².